The molecule has 3 heterocycles. The Morgan fingerprint density at radius 3 is 2.74 bits per heavy atom. The first-order chi connectivity index (χ1) is 16.5. The zero-order valence-electron chi connectivity index (χ0n) is 19.5. The Kier molecular flexibility index (Phi) is 7.02. The van der Waals surface area contributed by atoms with E-state index in [1.54, 1.807) is 19.2 Å². The molecule has 9 heteroatoms. The number of carbonyl (C=O) groups is 1. The maximum absolute atomic E-state index is 14.6. The van der Waals surface area contributed by atoms with Crippen molar-refractivity contribution in [2.45, 2.75) is 20.4 Å². The molecule has 0 unspecified atom stereocenters. The molecule has 1 aromatic carbocycles. The van der Waals surface area contributed by atoms with Crippen molar-refractivity contribution in [3.8, 4) is 22.1 Å². The van der Waals surface area contributed by atoms with E-state index in [1.165, 1.54) is 24.5 Å². The van der Waals surface area contributed by atoms with Gasteiger partial charge in [0.2, 0.25) is 0 Å². The second-order valence-electron chi connectivity index (χ2n) is 7.51. The van der Waals surface area contributed by atoms with E-state index in [4.69, 9.17) is 14.2 Å². The van der Waals surface area contributed by atoms with Crippen LogP contribution in [0.2, 0.25) is 0 Å². The number of aryl methyl sites for hydroxylation is 1. The Bertz CT molecular complexity index is 1330. The van der Waals surface area contributed by atoms with E-state index in [2.05, 4.69) is 10.3 Å². The Hall–Kier alpha value is -3.59. The molecule has 0 aliphatic carbocycles. The third kappa shape index (κ3) is 4.56. The van der Waals surface area contributed by atoms with Gasteiger partial charge in [0.1, 0.15) is 23.1 Å². The standard InChI is InChI=1S/C25H26FN3O4S/c1-5-33-20-14-21(34-24(20)25(30)32-4)18-7-6-8-22(28-18)27-11-12-29-15(2)13-16-19(31-3)10-9-17(26)23(16)29/h6-10,13-14H,5,11-12H2,1-4H3,(H,27,28). The van der Waals surface area contributed by atoms with Crippen molar-refractivity contribution in [3.05, 3.63) is 58.9 Å². The van der Waals surface area contributed by atoms with E-state index < -0.39 is 5.97 Å². The first kappa shape index (κ1) is 23.6. The summed E-state index contributed by atoms with van der Waals surface area (Å²) in [6, 6.07) is 12.4. The van der Waals surface area contributed by atoms with Crippen molar-refractivity contribution in [1.82, 2.24) is 9.55 Å². The number of methoxy groups -OCH3 is 2. The summed E-state index contributed by atoms with van der Waals surface area (Å²) < 4.78 is 32.4. The first-order valence-corrected chi connectivity index (χ1v) is 11.7. The maximum atomic E-state index is 14.6. The van der Waals surface area contributed by atoms with Crippen LogP contribution in [-0.4, -0.2) is 42.9 Å². The van der Waals surface area contributed by atoms with Gasteiger partial charge in [-0.05, 0) is 44.2 Å². The molecule has 0 fully saturated rings. The minimum atomic E-state index is -0.438. The largest absolute Gasteiger partial charge is 0.496 e. The van der Waals surface area contributed by atoms with Crippen molar-refractivity contribution >= 4 is 34.0 Å². The van der Waals surface area contributed by atoms with Crippen LogP contribution in [0.1, 0.15) is 22.3 Å². The summed E-state index contributed by atoms with van der Waals surface area (Å²) in [5, 5.41) is 4.06. The lowest BCUT2D eigenvalue weighted by atomic mass is 10.2. The average molecular weight is 484 g/mol. The summed E-state index contributed by atoms with van der Waals surface area (Å²) in [5.74, 6) is 1.09. The van der Waals surface area contributed by atoms with Crippen LogP contribution in [0.5, 0.6) is 11.5 Å². The molecule has 0 radical (unpaired) electrons. The summed E-state index contributed by atoms with van der Waals surface area (Å²) in [6.07, 6.45) is 0. The number of hydrogen-bond acceptors (Lipinski definition) is 7. The van der Waals surface area contributed by atoms with Gasteiger partial charge < -0.3 is 24.1 Å². The van der Waals surface area contributed by atoms with E-state index in [9.17, 15) is 9.18 Å². The SMILES string of the molecule is CCOc1cc(-c2cccc(NCCn3c(C)cc4c(OC)ccc(F)c43)n2)sc1C(=O)OC. The van der Waals surface area contributed by atoms with Gasteiger partial charge in [0.25, 0.3) is 0 Å². The summed E-state index contributed by atoms with van der Waals surface area (Å²) in [4.78, 5) is 18.0. The van der Waals surface area contributed by atoms with Crippen LogP contribution in [0.25, 0.3) is 21.5 Å². The molecule has 4 aromatic rings. The Morgan fingerprint density at radius 2 is 2.00 bits per heavy atom. The summed E-state index contributed by atoms with van der Waals surface area (Å²) in [5.41, 5.74) is 2.18. The maximum Gasteiger partial charge on any atom is 0.351 e. The quantitative estimate of drug-likeness (QED) is 0.316. The third-order valence-electron chi connectivity index (χ3n) is 5.41. The zero-order chi connectivity index (χ0) is 24.2. The molecular weight excluding hydrogens is 457 g/mol. The topological polar surface area (TPSA) is 74.6 Å². The van der Waals surface area contributed by atoms with E-state index >= 15 is 0 Å². The highest BCUT2D eigenvalue weighted by molar-refractivity contribution is 7.17. The first-order valence-electron chi connectivity index (χ1n) is 10.8. The molecule has 0 aliphatic rings. The van der Waals surface area contributed by atoms with E-state index in [0.29, 0.717) is 53.1 Å². The molecule has 0 spiro atoms. The molecule has 34 heavy (non-hydrogen) atoms. The van der Waals surface area contributed by atoms with Gasteiger partial charge in [-0.1, -0.05) is 6.07 Å². The summed E-state index contributed by atoms with van der Waals surface area (Å²) in [7, 11) is 2.93. The van der Waals surface area contributed by atoms with Crippen molar-refractivity contribution in [1.29, 1.82) is 0 Å². The summed E-state index contributed by atoms with van der Waals surface area (Å²) >= 11 is 1.28. The van der Waals surface area contributed by atoms with Gasteiger partial charge in [0, 0.05) is 30.2 Å². The molecule has 0 atom stereocenters. The van der Waals surface area contributed by atoms with E-state index in [1.807, 2.05) is 42.7 Å². The van der Waals surface area contributed by atoms with Crippen LogP contribution in [0.3, 0.4) is 0 Å². The fourth-order valence-electron chi connectivity index (χ4n) is 3.87. The normalized spacial score (nSPS) is 11.0. The Labute approximate surface area is 201 Å². The molecular formula is C25H26FN3O4S. The second kappa shape index (κ2) is 10.1. The van der Waals surface area contributed by atoms with Crippen LogP contribution in [0.15, 0.2) is 42.5 Å². The molecule has 0 aliphatic heterocycles. The number of fused-ring (bicyclic) bond motifs is 1. The lowest BCUT2D eigenvalue weighted by molar-refractivity contribution is 0.0602. The highest BCUT2D eigenvalue weighted by atomic mass is 32.1. The number of halogens is 1. The second-order valence-corrected chi connectivity index (χ2v) is 8.56. The van der Waals surface area contributed by atoms with E-state index in [0.717, 1.165) is 16.0 Å². The minimum absolute atomic E-state index is 0.284. The van der Waals surface area contributed by atoms with Gasteiger partial charge >= 0.3 is 5.97 Å². The highest BCUT2D eigenvalue weighted by Crippen LogP contribution is 2.36. The number of ether oxygens (including phenoxy) is 3. The molecule has 3 aromatic heterocycles. The smallest absolute Gasteiger partial charge is 0.351 e. The van der Waals surface area contributed by atoms with Gasteiger partial charge in [-0.15, -0.1) is 11.3 Å². The van der Waals surface area contributed by atoms with E-state index in [-0.39, 0.29) is 5.82 Å². The molecule has 1 N–H and O–H groups in total. The lowest BCUT2D eigenvalue weighted by Gasteiger charge is -2.11. The number of carbonyl (C=O) groups excluding carboxylic acids is 1. The van der Waals surface area contributed by atoms with Crippen molar-refractivity contribution in [2.24, 2.45) is 0 Å². The number of nitrogens with one attached hydrogen (secondary N) is 1. The number of nitrogens with zero attached hydrogens (tertiary/aromatic N) is 2. The van der Waals surface area contributed by atoms with Crippen LogP contribution in [-0.2, 0) is 11.3 Å². The zero-order valence-corrected chi connectivity index (χ0v) is 20.3. The molecule has 0 saturated carbocycles. The lowest BCUT2D eigenvalue weighted by Crippen LogP contribution is -2.12. The van der Waals surface area contributed by atoms with Gasteiger partial charge in [0.15, 0.2) is 4.88 Å². The highest BCUT2D eigenvalue weighted by Gasteiger charge is 2.20. The van der Waals surface area contributed by atoms with Gasteiger partial charge in [-0.25, -0.2) is 14.2 Å². The minimum Gasteiger partial charge on any atom is -0.496 e. The van der Waals surface area contributed by atoms with Crippen LogP contribution < -0.4 is 14.8 Å². The average Bonchev–Trinajstić information content (AvgIpc) is 3.41. The van der Waals surface area contributed by atoms with Crippen molar-refractivity contribution in [3.63, 3.8) is 0 Å². The van der Waals surface area contributed by atoms with Crippen LogP contribution in [0.4, 0.5) is 10.2 Å². The Morgan fingerprint density at radius 1 is 1.18 bits per heavy atom. The van der Waals surface area contributed by atoms with Crippen molar-refractivity contribution in [2.75, 3.05) is 32.7 Å². The number of hydrogen-bond donors (Lipinski definition) is 1. The monoisotopic (exact) mass is 483 g/mol. The number of aromatic nitrogens is 2. The van der Waals surface area contributed by atoms with Crippen LogP contribution in [0, 0.1) is 12.7 Å². The van der Waals surface area contributed by atoms with Crippen molar-refractivity contribution < 1.29 is 23.4 Å². The number of anilines is 1. The summed E-state index contributed by atoms with van der Waals surface area (Å²) in [6.45, 7) is 5.34. The fourth-order valence-corrected chi connectivity index (χ4v) is 4.86. The number of esters is 1. The fraction of sp³-hybridized carbons (Fsp3) is 0.280. The number of thiophene rings is 1. The van der Waals surface area contributed by atoms with Gasteiger partial charge in [0.05, 0.1) is 36.9 Å². The Balaban J connectivity index is 1.53. The molecule has 0 amide bonds. The van der Waals surface area contributed by atoms with Gasteiger partial charge in [-0.3, -0.25) is 0 Å². The number of pyridine rings is 1. The molecule has 0 bridgehead atoms. The predicted octanol–water partition coefficient (Wildman–Crippen LogP) is 5.52. The van der Waals surface area contributed by atoms with Gasteiger partial charge in [-0.2, -0.15) is 0 Å². The molecule has 7 nitrogen and oxygen atoms in total. The van der Waals surface area contributed by atoms with Crippen LogP contribution >= 0.6 is 11.3 Å². The predicted molar refractivity (Wildman–Crippen MR) is 132 cm³/mol. The number of rotatable bonds is 9. The molecule has 0 saturated heterocycles. The molecule has 178 valence electrons. The number of benzene rings is 1. The molecule has 4 rings (SSSR count). The third-order valence-corrected chi connectivity index (χ3v) is 6.53.